The zero-order chi connectivity index (χ0) is 9.42. The molecule has 2 nitrogen and oxygen atoms in total. The normalized spacial score (nSPS) is 11.0. The zero-order valence-electron chi connectivity index (χ0n) is 7.39. The number of halogens is 1. The van der Waals surface area contributed by atoms with Crippen molar-refractivity contribution >= 4 is 10.9 Å². The van der Waals surface area contributed by atoms with Gasteiger partial charge in [-0.3, -0.25) is 0 Å². The Balaban J connectivity index is 2.76. The van der Waals surface area contributed by atoms with Crippen LogP contribution in [-0.2, 0) is 6.54 Å². The molecule has 0 saturated heterocycles. The minimum absolute atomic E-state index is 0.225. The Morgan fingerprint density at radius 1 is 1.46 bits per heavy atom. The molecule has 0 spiro atoms. The van der Waals surface area contributed by atoms with Gasteiger partial charge in [-0.25, -0.2) is 4.39 Å². The van der Waals surface area contributed by atoms with Gasteiger partial charge in [0.05, 0.1) is 0 Å². The summed E-state index contributed by atoms with van der Waals surface area (Å²) in [4.78, 5) is 3.09. The number of hydrogen-bond acceptors (Lipinski definition) is 1. The molecule has 2 aromatic rings. The fraction of sp³-hybridized carbons (Fsp3) is 0.200. The first-order chi connectivity index (χ1) is 6.22. The van der Waals surface area contributed by atoms with Crippen LogP contribution in [0.4, 0.5) is 4.39 Å². The Kier molecular flexibility index (Phi) is 1.81. The molecule has 0 amide bonds. The minimum atomic E-state index is -0.225. The molecule has 0 atom stereocenters. The number of benzene rings is 1. The molecule has 2 rings (SSSR count). The number of aromatic amines is 1. The summed E-state index contributed by atoms with van der Waals surface area (Å²) in [6.45, 7) is 2.45. The Hall–Kier alpha value is -1.35. The maximum Gasteiger partial charge on any atom is 0.125 e. The second-order valence-electron chi connectivity index (χ2n) is 3.12. The molecular formula is C10H11FN2. The monoisotopic (exact) mass is 178 g/mol. The fourth-order valence-electron chi connectivity index (χ4n) is 1.57. The van der Waals surface area contributed by atoms with Gasteiger partial charge in [0, 0.05) is 23.1 Å². The van der Waals surface area contributed by atoms with Gasteiger partial charge >= 0.3 is 0 Å². The highest BCUT2D eigenvalue weighted by Crippen LogP contribution is 2.21. The van der Waals surface area contributed by atoms with E-state index >= 15 is 0 Å². The summed E-state index contributed by atoms with van der Waals surface area (Å²) < 4.78 is 12.8. The fourth-order valence-corrected chi connectivity index (χ4v) is 1.57. The number of aryl methyl sites for hydroxylation is 1. The van der Waals surface area contributed by atoms with Crippen LogP contribution < -0.4 is 5.73 Å². The lowest BCUT2D eigenvalue weighted by molar-refractivity contribution is 0.629. The molecule has 0 bridgehead atoms. The second kappa shape index (κ2) is 2.85. The molecule has 3 N–H and O–H groups in total. The first kappa shape index (κ1) is 8.26. The van der Waals surface area contributed by atoms with Gasteiger partial charge in [0.15, 0.2) is 0 Å². The summed E-state index contributed by atoms with van der Waals surface area (Å²) in [7, 11) is 0. The Labute approximate surface area is 75.6 Å². The number of fused-ring (bicyclic) bond motifs is 1. The summed E-state index contributed by atoms with van der Waals surface area (Å²) in [6.07, 6.45) is 0. The standard InChI is InChI=1S/C10H11FN2/c1-6-8-3-2-7(11)4-9(8)13-10(6)5-12/h2-4,13H,5,12H2,1H3. The predicted molar refractivity (Wildman–Crippen MR) is 50.9 cm³/mol. The summed E-state index contributed by atoms with van der Waals surface area (Å²) >= 11 is 0. The van der Waals surface area contributed by atoms with Crippen LogP contribution in [0.1, 0.15) is 11.3 Å². The molecule has 0 fully saturated rings. The lowest BCUT2D eigenvalue weighted by Crippen LogP contribution is -1.97. The maximum absolute atomic E-state index is 12.8. The highest BCUT2D eigenvalue weighted by atomic mass is 19.1. The quantitative estimate of drug-likeness (QED) is 0.689. The van der Waals surface area contributed by atoms with Crippen LogP contribution in [0.25, 0.3) is 10.9 Å². The van der Waals surface area contributed by atoms with E-state index < -0.39 is 0 Å². The van der Waals surface area contributed by atoms with E-state index in [-0.39, 0.29) is 5.82 Å². The number of hydrogen-bond donors (Lipinski definition) is 2. The average Bonchev–Trinajstić information content (AvgIpc) is 2.42. The van der Waals surface area contributed by atoms with Crippen LogP contribution >= 0.6 is 0 Å². The molecule has 3 heteroatoms. The highest BCUT2D eigenvalue weighted by Gasteiger charge is 2.05. The summed E-state index contributed by atoms with van der Waals surface area (Å²) in [5.41, 5.74) is 8.43. The van der Waals surface area contributed by atoms with Crippen LogP contribution in [-0.4, -0.2) is 4.98 Å². The number of aromatic nitrogens is 1. The predicted octanol–water partition coefficient (Wildman–Crippen LogP) is 2.07. The van der Waals surface area contributed by atoms with E-state index in [0.717, 1.165) is 22.2 Å². The number of H-pyrrole nitrogens is 1. The zero-order valence-corrected chi connectivity index (χ0v) is 7.39. The SMILES string of the molecule is Cc1c(CN)[nH]c2cc(F)ccc12. The first-order valence-corrected chi connectivity index (χ1v) is 4.19. The largest absolute Gasteiger partial charge is 0.357 e. The van der Waals surface area contributed by atoms with Gasteiger partial charge in [-0.15, -0.1) is 0 Å². The van der Waals surface area contributed by atoms with E-state index in [1.54, 1.807) is 6.07 Å². The van der Waals surface area contributed by atoms with Gasteiger partial charge in [-0.1, -0.05) is 0 Å². The Morgan fingerprint density at radius 2 is 2.23 bits per heavy atom. The van der Waals surface area contributed by atoms with Crippen LogP contribution in [0.3, 0.4) is 0 Å². The van der Waals surface area contributed by atoms with Gasteiger partial charge in [0.1, 0.15) is 5.82 Å². The summed E-state index contributed by atoms with van der Waals surface area (Å²) in [5.74, 6) is -0.225. The van der Waals surface area contributed by atoms with Crippen molar-refractivity contribution < 1.29 is 4.39 Å². The van der Waals surface area contributed by atoms with E-state index in [2.05, 4.69) is 4.98 Å². The van der Waals surface area contributed by atoms with Crippen molar-refractivity contribution in [1.82, 2.24) is 4.98 Å². The van der Waals surface area contributed by atoms with E-state index in [1.807, 2.05) is 6.92 Å². The Bertz CT molecular complexity index is 445. The van der Waals surface area contributed by atoms with Crippen molar-refractivity contribution in [3.8, 4) is 0 Å². The van der Waals surface area contributed by atoms with Crippen LogP contribution in [0.5, 0.6) is 0 Å². The summed E-state index contributed by atoms with van der Waals surface area (Å²) in [5, 5.41) is 1.04. The van der Waals surface area contributed by atoms with Gasteiger partial charge in [-0.2, -0.15) is 0 Å². The summed E-state index contributed by atoms with van der Waals surface area (Å²) in [6, 6.07) is 4.72. The third-order valence-electron chi connectivity index (χ3n) is 2.33. The minimum Gasteiger partial charge on any atom is -0.357 e. The lowest BCUT2D eigenvalue weighted by Gasteiger charge is -1.92. The third-order valence-corrected chi connectivity index (χ3v) is 2.33. The molecule has 1 aromatic heterocycles. The highest BCUT2D eigenvalue weighted by molar-refractivity contribution is 5.84. The average molecular weight is 178 g/mol. The number of nitrogens with one attached hydrogen (secondary N) is 1. The van der Waals surface area contributed by atoms with Crippen LogP contribution in [0.15, 0.2) is 18.2 Å². The molecule has 68 valence electrons. The second-order valence-corrected chi connectivity index (χ2v) is 3.12. The van der Waals surface area contributed by atoms with Crippen molar-refractivity contribution in [1.29, 1.82) is 0 Å². The van der Waals surface area contributed by atoms with Crippen molar-refractivity contribution in [2.75, 3.05) is 0 Å². The molecule has 0 aliphatic heterocycles. The maximum atomic E-state index is 12.8. The molecule has 0 aliphatic rings. The van der Waals surface area contributed by atoms with E-state index in [9.17, 15) is 4.39 Å². The van der Waals surface area contributed by atoms with E-state index in [0.29, 0.717) is 6.54 Å². The van der Waals surface area contributed by atoms with Crippen LogP contribution in [0, 0.1) is 12.7 Å². The Morgan fingerprint density at radius 3 is 2.92 bits per heavy atom. The van der Waals surface area contributed by atoms with Gasteiger partial charge in [0.25, 0.3) is 0 Å². The molecule has 0 aliphatic carbocycles. The number of rotatable bonds is 1. The molecule has 1 aromatic carbocycles. The number of nitrogens with two attached hydrogens (primary N) is 1. The van der Waals surface area contributed by atoms with Gasteiger partial charge in [0.2, 0.25) is 0 Å². The molecule has 0 unspecified atom stereocenters. The lowest BCUT2D eigenvalue weighted by atomic mass is 10.1. The van der Waals surface area contributed by atoms with Crippen molar-refractivity contribution in [3.63, 3.8) is 0 Å². The van der Waals surface area contributed by atoms with E-state index in [4.69, 9.17) is 5.73 Å². The first-order valence-electron chi connectivity index (χ1n) is 4.19. The molecule has 0 radical (unpaired) electrons. The molecule has 1 heterocycles. The van der Waals surface area contributed by atoms with Crippen LogP contribution in [0.2, 0.25) is 0 Å². The topological polar surface area (TPSA) is 41.8 Å². The van der Waals surface area contributed by atoms with Gasteiger partial charge in [-0.05, 0) is 30.7 Å². The van der Waals surface area contributed by atoms with Crippen molar-refractivity contribution in [2.24, 2.45) is 5.73 Å². The van der Waals surface area contributed by atoms with E-state index in [1.165, 1.54) is 12.1 Å². The van der Waals surface area contributed by atoms with Crippen molar-refractivity contribution in [2.45, 2.75) is 13.5 Å². The molecule has 13 heavy (non-hydrogen) atoms. The third kappa shape index (κ3) is 1.21. The van der Waals surface area contributed by atoms with Crippen molar-refractivity contribution in [3.05, 3.63) is 35.3 Å². The molecule has 0 saturated carbocycles. The molecular weight excluding hydrogens is 167 g/mol. The van der Waals surface area contributed by atoms with Gasteiger partial charge < -0.3 is 10.7 Å². The smallest absolute Gasteiger partial charge is 0.125 e.